The molecule has 1 saturated heterocycles. The molecule has 1 aliphatic heterocycles. The minimum atomic E-state index is -3.05. The Morgan fingerprint density at radius 2 is 1.83 bits per heavy atom. The second kappa shape index (κ2) is 6.87. The molecule has 0 amide bonds. The van der Waals surface area contributed by atoms with Crippen LogP contribution in [0.5, 0.6) is 0 Å². The zero-order valence-electron chi connectivity index (χ0n) is 11.2. The number of nitrogens with one attached hydrogen (secondary N) is 2. The third kappa shape index (κ3) is 4.21. The maximum absolute atomic E-state index is 12.1. The summed E-state index contributed by atoms with van der Waals surface area (Å²) >= 11 is 0. The molecule has 1 heterocycles. The summed E-state index contributed by atoms with van der Waals surface area (Å²) in [6.45, 7) is 2.78. The molecule has 2 N–H and O–H groups in total. The fourth-order valence-electron chi connectivity index (χ4n) is 3.07. The maximum atomic E-state index is 12.1. The van der Waals surface area contributed by atoms with E-state index < -0.39 is 10.0 Å². The number of sulfonamides is 1. The van der Waals surface area contributed by atoms with E-state index in [1.165, 1.54) is 19.3 Å². The highest BCUT2D eigenvalue weighted by molar-refractivity contribution is 7.90. The molecule has 1 saturated carbocycles. The zero-order valence-corrected chi connectivity index (χ0v) is 12.0. The Bertz CT molecular complexity index is 331. The summed E-state index contributed by atoms with van der Waals surface area (Å²) in [7, 11) is -3.05. The first kappa shape index (κ1) is 14.3. The van der Waals surface area contributed by atoms with Crippen LogP contribution in [-0.2, 0) is 10.0 Å². The summed E-state index contributed by atoms with van der Waals surface area (Å²) in [5.41, 5.74) is 0. The first-order chi connectivity index (χ1) is 8.68. The van der Waals surface area contributed by atoms with Crippen LogP contribution in [-0.4, -0.2) is 33.3 Å². The lowest BCUT2D eigenvalue weighted by Crippen LogP contribution is -2.38. The van der Waals surface area contributed by atoms with Crippen LogP contribution < -0.4 is 10.0 Å². The Morgan fingerprint density at radius 1 is 1.06 bits per heavy atom. The molecule has 0 spiro atoms. The smallest absolute Gasteiger partial charge is 0.214 e. The van der Waals surface area contributed by atoms with Gasteiger partial charge in [-0.15, -0.1) is 0 Å². The summed E-state index contributed by atoms with van der Waals surface area (Å²) in [6, 6.07) is 0. The van der Waals surface area contributed by atoms with Crippen LogP contribution in [0.3, 0.4) is 0 Å². The van der Waals surface area contributed by atoms with Crippen molar-refractivity contribution in [1.29, 1.82) is 0 Å². The average Bonchev–Trinajstić information content (AvgIpc) is 2.41. The second-order valence-electron chi connectivity index (χ2n) is 5.70. The van der Waals surface area contributed by atoms with Gasteiger partial charge in [0.2, 0.25) is 10.0 Å². The molecule has 0 aromatic carbocycles. The lowest BCUT2D eigenvalue weighted by atomic mass is 9.96. The van der Waals surface area contributed by atoms with Crippen LogP contribution >= 0.6 is 0 Å². The standard InChI is InChI=1S/C13H26N2O2S/c16-18(17,13-6-2-1-3-7-13)15-10-8-12-5-4-9-14-11-12/h12-15H,1-11H2/t12-/m1/s1. The molecule has 4 nitrogen and oxygen atoms in total. The van der Waals surface area contributed by atoms with Gasteiger partial charge in [0.1, 0.15) is 0 Å². The third-order valence-electron chi connectivity index (χ3n) is 4.25. The molecule has 0 radical (unpaired) electrons. The van der Waals surface area contributed by atoms with Crippen LogP contribution in [0.15, 0.2) is 0 Å². The van der Waals surface area contributed by atoms with E-state index in [-0.39, 0.29) is 5.25 Å². The number of rotatable bonds is 5. The average molecular weight is 274 g/mol. The van der Waals surface area contributed by atoms with Gasteiger partial charge in [-0.3, -0.25) is 0 Å². The van der Waals surface area contributed by atoms with E-state index in [1.807, 2.05) is 0 Å². The van der Waals surface area contributed by atoms with Gasteiger partial charge in [0, 0.05) is 6.54 Å². The highest BCUT2D eigenvalue weighted by atomic mass is 32.2. The highest BCUT2D eigenvalue weighted by Crippen LogP contribution is 2.23. The molecule has 2 aliphatic rings. The molecule has 1 atom stereocenters. The predicted molar refractivity (Wildman–Crippen MR) is 74.0 cm³/mol. The number of hydrogen-bond donors (Lipinski definition) is 2. The molecule has 0 aromatic rings. The Labute approximate surface area is 111 Å². The van der Waals surface area contributed by atoms with Crippen molar-refractivity contribution in [1.82, 2.24) is 10.0 Å². The summed E-state index contributed by atoms with van der Waals surface area (Å²) in [4.78, 5) is 0. The van der Waals surface area contributed by atoms with Crippen molar-refractivity contribution in [2.75, 3.05) is 19.6 Å². The quantitative estimate of drug-likeness (QED) is 0.801. The molecule has 18 heavy (non-hydrogen) atoms. The predicted octanol–water partition coefficient (Wildman–Crippen LogP) is 1.63. The van der Waals surface area contributed by atoms with E-state index in [2.05, 4.69) is 10.0 Å². The molecule has 5 heteroatoms. The van der Waals surface area contributed by atoms with Crippen LogP contribution in [0.4, 0.5) is 0 Å². The van der Waals surface area contributed by atoms with E-state index in [1.54, 1.807) is 0 Å². The zero-order chi connectivity index (χ0) is 12.8. The highest BCUT2D eigenvalue weighted by Gasteiger charge is 2.26. The van der Waals surface area contributed by atoms with Crippen molar-refractivity contribution in [3.05, 3.63) is 0 Å². The van der Waals surface area contributed by atoms with E-state index in [0.29, 0.717) is 12.5 Å². The second-order valence-corrected chi connectivity index (χ2v) is 7.75. The lowest BCUT2D eigenvalue weighted by molar-refractivity contribution is 0.357. The third-order valence-corrected chi connectivity index (χ3v) is 6.20. The van der Waals surface area contributed by atoms with Gasteiger partial charge in [-0.05, 0) is 51.1 Å². The monoisotopic (exact) mass is 274 g/mol. The van der Waals surface area contributed by atoms with Crippen molar-refractivity contribution in [2.24, 2.45) is 5.92 Å². The molecular weight excluding hydrogens is 248 g/mol. The summed E-state index contributed by atoms with van der Waals surface area (Å²) in [6.07, 6.45) is 8.45. The molecule has 0 bridgehead atoms. The molecule has 1 aliphatic carbocycles. The van der Waals surface area contributed by atoms with Crippen LogP contribution in [0, 0.1) is 5.92 Å². The van der Waals surface area contributed by atoms with Gasteiger partial charge in [0.25, 0.3) is 0 Å². The number of hydrogen-bond acceptors (Lipinski definition) is 3. The van der Waals surface area contributed by atoms with E-state index >= 15 is 0 Å². The molecule has 0 aromatic heterocycles. The fourth-order valence-corrected chi connectivity index (χ4v) is 4.66. The van der Waals surface area contributed by atoms with Crippen LogP contribution in [0.25, 0.3) is 0 Å². The van der Waals surface area contributed by atoms with Gasteiger partial charge < -0.3 is 5.32 Å². The normalized spacial score (nSPS) is 27.2. The van der Waals surface area contributed by atoms with Gasteiger partial charge in [-0.25, -0.2) is 13.1 Å². The van der Waals surface area contributed by atoms with E-state index in [4.69, 9.17) is 0 Å². The molecule has 106 valence electrons. The van der Waals surface area contributed by atoms with Gasteiger partial charge in [-0.2, -0.15) is 0 Å². The van der Waals surface area contributed by atoms with Gasteiger partial charge in [0.05, 0.1) is 5.25 Å². The molecule has 2 rings (SSSR count). The topological polar surface area (TPSA) is 58.2 Å². The van der Waals surface area contributed by atoms with Gasteiger partial charge in [0.15, 0.2) is 0 Å². The van der Waals surface area contributed by atoms with Crippen molar-refractivity contribution >= 4 is 10.0 Å². The van der Waals surface area contributed by atoms with Crippen LogP contribution in [0.1, 0.15) is 51.4 Å². The number of piperidine rings is 1. The summed E-state index contributed by atoms with van der Waals surface area (Å²) in [5.74, 6) is 0.646. The maximum Gasteiger partial charge on any atom is 0.214 e. The fraction of sp³-hybridized carbons (Fsp3) is 1.00. The first-order valence-corrected chi connectivity index (χ1v) is 8.92. The Hall–Kier alpha value is -0.130. The minimum Gasteiger partial charge on any atom is -0.316 e. The van der Waals surface area contributed by atoms with Crippen molar-refractivity contribution in [3.8, 4) is 0 Å². The first-order valence-electron chi connectivity index (χ1n) is 7.38. The molecule has 0 unspecified atom stereocenters. The van der Waals surface area contributed by atoms with Crippen molar-refractivity contribution in [3.63, 3.8) is 0 Å². The lowest BCUT2D eigenvalue weighted by Gasteiger charge is -2.24. The Kier molecular flexibility index (Phi) is 5.45. The SMILES string of the molecule is O=S(=O)(NCC[C@H]1CCCNC1)C1CCCCC1. The Balaban J connectivity index is 1.70. The summed E-state index contributed by atoms with van der Waals surface area (Å²) in [5, 5.41) is 3.24. The summed E-state index contributed by atoms with van der Waals surface area (Å²) < 4.78 is 27.0. The van der Waals surface area contributed by atoms with Gasteiger partial charge >= 0.3 is 0 Å². The van der Waals surface area contributed by atoms with E-state index in [0.717, 1.165) is 45.2 Å². The minimum absolute atomic E-state index is 0.129. The van der Waals surface area contributed by atoms with Crippen molar-refractivity contribution in [2.45, 2.75) is 56.6 Å². The van der Waals surface area contributed by atoms with Gasteiger partial charge in [-0.1, -0.05) is 19.3 Å². The van der Waals surface area contributed by atoms with E-state index in [9.17, 15) is 8.42 Å². The van der Waals surface area contributed by atoms with Crippen LogP contribution in [0.2, 0.25) is 0 Å². The molecular formula is C13H26N2O2S. The molecule has 2 fully saturated rings. The largest absolute Gasteiger partial charge is 0.316 e. The Morgan fingerprint density at radius 3 is 2.50 bits per heavy atom. The van der Waals surface area contributed by atoms with Crippen molar-refractivity contribution < 1.29 is 8.42 Å².